The quantitative estimate of drug-likeness (QED) is 0.431. The maximum Gasteiger partial charge on any atom is 0.256 e. The summed E-state index contributed by atoms with van der Waals surface area (Å²) in [5, 5.41) is 7.93. The molecule has 0 spiro atoms. The molecule has 8 nitrogen and oxygen atoms in total. The lowest BCUT2D eigenvalue weighted by Gasteiger charge is -2.11. The lowest BCUT2D eigenvalue weighted by atomic mass is 10.1. The number of pyridine rings is 1. The minimum atomic E-state index is -3.31. The fraction of sp³-hybridized carbons (Fsp3) is 0.292. The molecule has 0 saturated carbocycles. The molecule has 4 rings (SSSR count). The molecule has 1 aromatic carbocycles. The normalized spacial score (nSPS) is 11.9. The largest absolute Gasteiger partial charge is 0.466 e. The summed E-state index contributed by atoms with van der Waals surface area (Å²) in [5.74, 6) is 1.16. The van der Waals surface area contributed by atoms with Gasteiger partial charge in [-0.15, -0.1) is 0 Å². The van der Waals surface area contributed by atoms with E-state index in [0.717, 1.165) is 11.3 Å². The van der Waals surface area contributed by atoms with Crippen molar-refractivity contribution in [2.75, 3.05) is 11.1 Å². The molecule has 0 saturated heterocycles. The molecular formula is C24H26N4O4S. The molecular weight excluding hydrogens is 440 g/mol. The van der Waals surface area contributed by atoms with Crippen LogP contribution in [0.2, 0.25) is 0 Å². The number of nitrogens with zero attached hydrogens (tertiary/aromatic N) is 3. The van der Waals surface area contributed by atoms with Crippen LogP contribution in [0.5, 0.6) is 0 Å². The van der Waals surface area contributed by atoms with E-state index in [9.17, 15) is 13.2 Å². The van der Waals surface area contributed by atoms with Gasteiger partial charge in [0.1, 0.15) is 11.5 Å². The number of amides is 1. The molecule has 1 amide bonds. The number of sulfone groups is 1. The van der Waals surface area contributed by atoms with Crippen LogP contribution in [0.15, 0.2) is 51.9 Å². The molecule has 0 aliphatic rings. The minimum absolute atomic E-state index is 0.0171. The molecule has 0 fully saturated rings. The molecule has 3 aromatic heterocycles. The number of rotatable bonds is 6. The molecule has 0 atom stereocenters. The fourth-order valence-corrected chi connectivity index (χ4v) is 4.60. The minimum Gasteiger partial charge on any atom is -0.466 e. The van der Waals surface area contributed by atoms with Crippen molar-refractivity contribution < 1.29 is 17.6 Å². The number of aromatic nitrogens is 3. The highest BCUT2D eigenvalue weighted by atomic mass is 32.2. The number of carbonyl (C=O) groups is 1. The van der Waals surface area contributed by atoms with Gasteiger partial charge < -0.3 is 9.73 Å². The number of furan rings is 1. The Balaban J connectivity index is 1.77. The molecule has 0 unspecified atom stereocenters. The number of fused-ring (bicyclic) bond motifs is 1. The Morgan fingerprint density at radius 3 is 2.42 bits per heavy atom. The highest BCUT2D eigenvalue weighted by Crippen LogP contribution is 2.30. The van der Waals surface area contributed by atoms with Crippen LogP contribution in [0, 0.1) is 13.8 Å². The van der Waals surface area contributed by atoms with Crippen molar-refractivity contribution in [3.8, 4) is 11.3 Å². The van der Waals surface area contributed by atoms with Crippen LogP contribution in [0.4, 0.5) is 5.69 Å². The van der Waals surface area contributed by atoms with Crippen molar-refractivity contribution in [1.82, 2.24) is 14.8 Å². The maximum atomic E-state index is 13.3. The first kappa shape index (κ1) is 22.7. The highest BCUT2D eigenvalue weighted by molar-refractivity contribution is 7.91. The molecule has 4 aromatic rings. The van der Waals surface area contributed by atoms with Gasteiger partial charge in [-0.3, -0.25) is 4.79 Å². The molecule has 33 heavy (non-hydrogen) atoms. The first-order chi connectivity index (χ1) is 15.6. The molecule has 0 bridgehead atoms. The van der Waals surface area contributed by atoms with E-state index in [1.807, 2.05) is 33.8 Å². The summed E-state index contributed by atoms with van der Waals surface area (Å²) >= 11 is 0. The van der Waals surface area contributed by atoms with Gasteiger partial charge in [0, 0.05) is 17.3 Å². The predicted octanol–water partition coefficient (Wildman–Crippen LogP) is 4.93. The van der Waals surface area contributed by atoms with E-state index < -0.39 is 9.84 Å². The summed E-state index contributed by atoms with van der Waals surface area (Å²) in [6.07, 6.45) is 1.64. The van der Waals surface area contributed by atoms with Gasteiger partial charge in [0.2, 0.25) is 0 Å². The van der Waals surface area contributed by atoms with Gasteiger partial charge in [-0.25, -0.2) is 18.1 Å². The van der Waals surface area contributed by atoms with Crippen LogP contribution in [0.25, 0.3) is 22.3 Å². The van der Waals surface area contributed by atoms with Gasteiger partial charge in [0.05, 0.1) is 33.5 Å². The van der Waals surface area contributed by atoms with E-state index in [0.29, 0.717) is 33.7 Å². The van der Waals surface area contributed by atoms with Crippen molar-refractivity contribution in [2.45, 2.75) is 45.6 Å². The Bertz CT molecular complexity index is 1450. The van der Waals surface area contributed by atoms with E-state index in [4.69, 9.17) is 9.40 Å². The Morgan fingerprint density at radius 2 is 1.85 bits per heavy atom. The number of hydrogen-bond donors (Lipinski definition) is 1. The summed E-state index contributed by atoms with van der Waals surface area (Å²) in [6.45, 7) is 9.32. The Morgan fingerprint density at radius 1 is 1.15 bits per heavy atom. The SMILES string of the molecule is CCS(=O)(=O)c1ccc(NC(=O)c2cc(-c3cc(C)oc3C)nc3c2cnn3C(C)C)cc1. The second-order valence-electron chi connectivity index (χ2n) is 8.18. The molecule has 3 heterocycles. The standard InChI is InChI=1S/C24H26N4O4S/c1-6-33(30,31)18-9-7-17(8-10-18)26-24(29)20-12-22(19-11-15(4)32-16(19)5)27-23-21(20)13-25-28(23)14(2)3/h7-14H,6H2,1-5H3,(H,26,29). The summed E-state index contributed by atoms with van der Waals surface area (Å²) < 4.78 is 31.6. The highest BCUT2D eigenvalue weighted by Gasteiger charge is 2.21. The second kappa shape index (κ2) is 8.47. The summed E-state index contributed by atoms with van der Waals surface area (Å²) in [4.78, 5) is 18.3. The van der Waals surface area contributed by atoms with Crippen molar-refractivity contribution in [2.24, 2.45) is 0 Å². The molecule has 0 radical (unpaired) electrons. The number of hydrogen-bond acceptors (Lipinski definition) is 6. The summed E-state index contributed by atoms with van der Waals surface area (Å²) in [7, 11) is -3.31. The third kappa shape index (κ3) is 4.28. The van der Waals surface area contributed by atoms with Crippen LogP contribution >= 0.6 is 0 Å². The third-order valence-corrected chi connectivity index (χ3v) is 7.22. The second-order valence-corrected chi connectivity index (χ2v) is 10.5. The van der Waals surface area contributed by atoms with Crippen molar-refractivity contribution in [1.29, 1.82) is 0 Å². The van der Waals surface area contributed by atoms with Crippen molar-refractivity contribution >= 4 is 32.5 Å². The van der Waals surface area contributed by atoms with Gasteiger partial charge >= 0.3 is 0 Å². The Labute approximate surface area is 192 Å². The van der Waals surface area contributed by atoms with E-state index in [-0.39, 0.29) is 22.6 Å². The topological polar surface area (TPSA) is 107 Å². The zero-order chi connectivity index (χ0) is 23.9. The third-order valence-electron chi connectivity index (χ3n) is 5.47. The van der Waals surface area contributed by atoms with Crippen LogP contribution in [-0.4, -0.2) is 34.8 Å². The average molecular weight is 467 g/mol. The first-order valence-electron chi connectivity index (χ1n) is 10.7. The van der Waals surface area contributed by atoms with Crippen LogP contribution < -0.4 is 5.32 Å². The molecule has 1 N–H and O–H groups in total. The maximum absolute atomic E-state index is 13.3. The number of aryl methyl sites for hydroxylation is 2. The molecule has 0 aliphatic carbocycles. The predicted molar refractivity (Wildman–Crippen MR) is 127 cm³/mol. The molecule has 172 valence electrons. The number of carbonyl (C=O) groups excluding carboxylic acids is 1. The van der Waals surface area contributed by atoms with Crippen LogP contribution in [-0.2, 0) is 9.84 Å². The van der Waals surface area contributed by atoms with Crippen molar-refractivity contribution in [3.05, 3.63) is 59.7 Å². The summed E-state index contributed by atoms with van der Waals surface area (Å²) in [5.41, 5.74) is 2.96. The fourth-order valence-electron chi connectivity index (χ4n) is 3.72. The van der Waals surface area contributed by atoms with Crippen molar-refractivity contribution in [3.63, 3.8) is 0 Å². The average Bonchev–Trinajstić information content (AvgIpc) is 3.35. The van der Waals surface area contributed by atoms with Crippen LogP contribution in [0.1, 0.15) is 48.7 Å². The van der Waals surface area contributed by atoms with E-state index >= 15 is 0 Å². The lowest BCUT2D eigenvalue weighted by molar-refractivity contribution is 0.102. The van der Waals surface area contributed by atoms with Gasteiger partial charge in [0.15, 0.2) is 15.5 Å². The molecule has 9 heteroatoms. The van der Waals surface area contributed by atoms with Gasteiger partial charge in [-0.1, -0.05) is 6.92 Å². The first-order valence-corrected chi connectivity index (χ1v) is 12.4. The van der Waals surface area contributed by atoms with E-state index in [1.54, 1.807) is 36.0 Å². The number of benzene rings is 1. The van der Waals surface area contributed by atoms with Gasteiger partial charge in [0.25, 0.3) is 5.91 Å². The van der Waals surface area contributed by atoms with Gasteiger partial charge in [-0.2, -0.15) is 5.10 Å². The Hall–Kier alpha value is -3.46. The van der Waals surface area contributed by atoms with E-state index in [2.05, 4.69) is 10.4 Å². The summed E-state index contributed by atoms with van der Waals surface area (Å²) in [6, 6.07) is 9.85. The lowest BCUT2D eigenvalue weighted by Crippen LogP contribution is -2.13. The zero-order valence-corrected chi connectivity index (χ0v) is 20.0. The number of nitrogens with one attached hydrogen (secondary N) is 1. The van der Waals surface area contributed by atoms with Gasteiger partial charge in [-0.05, 0) is 64.1 Å². The monoisotopic (exact) mass is 466 g/mol. The molecule has 0 aliphatic heterocycles. The smallest absolute Gasteiger partial charge is 0.256 e. The van der Waals surface area contributed by atoms with Crippen LogP contribution in [0.3, 0.4) is 0 Å². The van der Waals surface area contributed by atoms with E-state index in [1.165, 1.54) is 12.1 Å². The number of anilines is 1. The Kier molecular flexibility index (Phi) is 5.84. The zero-order valence-electron chi connectivity index (χ0n) is 19.2.